The predicted octanol–water partition coefficient (Wildman–Crippen LogP) is 0.577. The van der Waals surface area contributed by atoms with Crippen LogP contribution in [0.15, 0.2) is 29.2 Å². The Labute approximate surface area is 189 Å². The van der Waals surface area contributed by atoms with Crippen molar-refractivity contribution in [2.45, 2.75) is 44.2 Å². The lowest BCUT2D eigenvalue weighted by Gasteiger charge is -2.29. The largest absolute Gasteiger partial charge is 0.497 e. The van der Waals surface area contributed by atoms with Gasteiger partial charge in [-0.1, -0.05) is 13.8 Å². The molecule has 1 saturated heterocycles. The zero-order valence-corrected chi connectivity index (χ0v) is 20.2. The second-order valence-corrected chi connectivity index (χ2v) is 12.1. The number of sulfonamides is 1. The highest BCUT2D eigenvalue weighted by Gasteiger charge is 2.35. The van der Waals surface area contributed by atoms with Crippen molar-refractivity contribution in [2.24, 2.45) is 5.92 Å². The molecule has 0 aromatic heterocycles. The highest BCUT2D eigenvalue weighted by molar-refractivity contribution is 7.91. The molecule has 1 aliphatic heterocycles. The van der Waals surface area contributed by atoms with Crippen LogP contribution < -0.4 is 9.46 Å². The van der Waals surface area contributed by atoms with E-state index in [4.69, 9.17) is 9.47 Å². The van der Waals surface area contributed by atoms with Crippen molar-refractivity contribution in [3.63, 3.8) is 0 Å². The first-order valence-electron chi connectivity index (χ1n) is 10.2. The molecule has 1 N–H and O–H groups in total. The molecule has 2 atom stereocenters. The number of nitrogens with zero attached hydrogens (tertiary/aromatic N) is 1. The van der Waals surface area contributed by atoms with E-state index in [0.717, 1.165) is 0 Å². The molecule has 1 aliphatic rings. The number of amides is 1. The monoisotopic (exact) mass is 490 g/mol. The van der Waals surface area contributed by atoms with Crippen LogP contribution in [0.5, 0.6) is 5.75 Å². The van der Waals surface area contributed by atoms with Crippen LogP contribution in [0.3, 0.4) is 0 Å². The van der Waals surface area contributed by atoms with E-state index in [1.807, 2.05) is 13.8 Å². The smallest absolute Gasteiger partial charge is 0.324 e. The van der Waals surface area contributed by atoms with Crippen molar-refractivity contribution in [2.75, 3.05) is 31.8 Å². The lowest BCUT2D eigenvalue weighted by Crippen LogP contribution is -2.46. The minimum Gasteiger partial charge on any atom is -0.497 e. The number of rotatable bonds is 10. The Morgan fingerprint density at radius 2 is 1.81 bits per heavy atom. The van der Waals surface area contributed by atoms with E-state index < -0.39 is 50.4 Å². The van der Waals surface area contributed by atoms with Gasteiger partial charge in [0.15, 0.2) is 16.4 Å². The highest BCUT2D eigenvalue weighted by Crippen LogP contribution is 2.20. The molecule has 12 heteroatoms. The minimum absolute atomic E-state index is 0.0174. The van der Waals surface area contributed by atoms with Crippen molar-refractivity contribution in [3.8, 4) is 5.75 Å². The molecule has 1 unspecified atom stereocenters. The summed E-state index contributed by atoms with van der Waals surface area (Å²) >= 11 is 0. The van der Waals surface area contributed by atoms with Gasteiger partial charge in [0.05, 0.1) is 23.5 Å². The van der Waals surface area contributed by atoms with Gasteiger partial charge in [-0.3, -0.25) is 9.59 Å². The van der Waals surface area contributed by atoms with Crippen molar-refractivity contribution in [3.05, 3.63) is 24.3 Å². The minimum atomic E-state index is -3.99. The number of carbonyl (C=O) groups excluding carboxylic acids is 2. The van der Waals surface area contributed by atoms with Gasteiger partial charge in [-0.05, 0) is 43.5 Å². The molecule has 2 rings (SSSR count). The number of benzene rings is 1. The molecule has 1 aromatic rings. The van der Waals surface area contributed by atoms with Crippen LogP contribution in [0, 0.1) is 5.92 Å². The molecular formula is C20H30N2O8S2. The maximum absolute atomic E-state index is 12.7. The Balaban J connectivity index is 1.97. The second kappa shape index (κ2) is 10.6. The van der Waals surface area contributed by atoms with E-state index in [1.165, 1.54) is 43.2 Å². The Hall–Kier alpha value is -2.18. The maximum Gasteiger partial charge on any atom is 0.324 e. The normalized spacial score (nSPS) is 18.8. The number of methoxy groups -OCH3 is 1. The molecule has 10 nitrogen and oxygen atoms in total. The van der Waals surface area contributed by atoms with Crippen molar-refractivity contribution in [1.29, 1.82) is 0 Å². The summed E-state index contributed by atoms with van der Waals surface area (Å²) in [5.41, 5.74) is 0. The summed E-state index contributed by atoms with van der Waals surface area (Å²) < 4.78 is 60.7. The summed E-state index contributed by atoms with van der Waals surface area (Å²) in [6.45, 7) is 4.83. The van der Waals surface area contributed by atoms with E-state index in [-0.39, 0.29) is 22.3 Å². The third-order valence-electron chi connectivity index (χ3n) is 4.92. The van der Waals surface area contributed by atoms with Gasteiger partial charge in [0.1, 0.15) is 11.8 Å². The van der Waals surface area contributed by atoms with Crippen LogP contribution in [0.4, 0.5) is 0 Å². The average Bonchev–Trinajstić information content (AvgIpc) is 3.08. The van der Waals surface area contributed by atoms with Crippen LogP contribution in [0.1, 0.15) is 27.2 Å². The van der Waals surface area contributed by atoms with Gasteiger partial charge in [0.25, 0.3) is 5.91 Å². The first-order chi connectivity index (χ1) is 14.8. The molecule has 1 fully saturated rings. The van der Waals surface area contributed by atoms with Crippen molar-refractivity contribution < 1.29 is 35.9 Å². The number of carbonyl (C=O) groups is 2. The van der Waals surface area contributed by atoms with Crippen LogP contribution in [0.2, 0.25) is 0 Å². The van der Waals surface area contributed by atoms with Crippen molar-refractivity contribution in [1.82, 2.24) is 9.62 Å². The lowest BCUT2D eigenvalue weighted by molar-refractivity contribution is -0.154. The zero-order chi connectivity index (χ0) is 24.1. The van der Waals surface area contributed by atoms with E-state index in [9.17, 15) is 26.4 Å². The van der Waals surface area contributed by atoms with Gasteiger partial charge in [-0.2, -0.15) is 4.72 Å². The van der Waals surface area contributed by atoms with Crippen molar-refractivity contribution >= 4 is 31.7 Å². The van der Waals surface area contributed by atoms with E-state index >= 15 is 0 Å². The fourth-order valence-electron chi connectivity index (χ4n) is 3.31. The Morgan fingerprint density at radius 1 is 1.19 bits per heavy atom. The fourth-order valence-corrected chi connectivity index (χ4v) is 6.24. The molecule has 1 aromatic carbocycles. The predicted molar refractivity (Wildman–Crippen MR) is 117 cm³/mol. The van der Waals surface area contributed by atoms with Gasteiger partial charge in [0, 0.05) is 12.6 Å². The first-order valence-corrected chi connectivity index (χ1v) is 13.5. The standard InChI is InChI=1S/C20H30N2O8S2/c1-14(2)11-22(16-9-10-31(25,26)13-16)19(23)12-30-20(24)15(3)21-32(27,28)18-7-5-17(29-4)6-8-18/h5-8,14-16,21H,9-13H2,1-4H3/t15-,16?/m0/s1. The number of hydrogen-bond donors (Lipinski definition) is 1. The van der Waals surface area contributed by atoms with Crippen LogP contribution in [0.25, 0.3) is 0 Å². The summed E-state index contributed by atoms with van der Waals surface area (Å²) in [5, 5.41) is 0. The summed E-state index contributed by atoms with van der Waals surface area (Å²) in [7, 11) is -5.73. The van der Waals surface area contributed by atoms with E-state index in [2.05, 4.69) is 4.72 Å². The summed E-state index contributed by atoms with van der Waals surface area (Å²) in [5.74, 6) is -0.955. The van der Waals surface area contributed by atoms with Crippen LogP contribution in [-0.4, -0.2) is 77.5 Å². The summed E-state index contributed by atoms with van der Waals surface area (Å²) in [6.07, 6.45) is 0.340. The quantitative estimate of drug-likeness (QED) is 0.470. The maximum atomic E-state index is 12.7. The third-order valence-corrected chi connectivity index (χ3v) is 8.23. The number of ether oxygens (including phenoxy) is 2. The average molecular weight is 491 g/mol. The van der Waals surface area contributed by atoms with Crippen LogP contribution >= 0.6 is 0 Å². The van der Waals surface area contributed by atoms with Gasteiger partial charge >= 0.3 is 5.97 Å². The van der Waals surface area contributed by atoms with E-state index in [0.29, 0.717) is 18.7 Å². The Morgan fingerprint density at radius 3 is 2.31 bits per heavy atom. The van der Waals surface area contributed by atoms with Gasteiger partial charge < -0.3 is 14.4 Å². The molecule has 0 bridgehead atoms. The highest BCUT2D eigenvalue weighted by atomic mass is 32.2. The molecule has 0 spiro atoms. The molecule has 0 radical (unpaired) electrons. The summed E-state index contributed by atoms with van der Waals surface area (Å²) in [4.78, 5) is 26.3. The molecule has 32 heavy (non-hydrogen) atoms. The lowest BCUT2D eigenvalue weighted by atomic mass is 10.1. The second-order valence-electron chi connectivity index (χ2n) is 8.12. The number of sulfone groups is 1. The number of hydrogen-bond acceptors (Lipinski definition) is 8. The van der Waals surface area contributed by atoms with Gasteiger partial charge in [-0.15, -0.1) is 0 Å². The molecule has 1 heterocycles. The zero-order valence-electron chi connectivity index (χ0n) is 18.6. The molecule has 0 aliphatic carbocycles. The van der Waals surface area contributed by atoms with E-state index in [1.54, 1.807) is 0 Å². The third kappa shape index (κ3) is 7.17. The number of esters is 1. The topological polar surface area (TPSA) is 136 Å². The molecule has 0 saturated carbocycles. The Kier molecular flexibility index (Phi) is 8.66. The Bertz CT molecular complexity index is 1020. The summed E-state index contributed by atoms with van der Waals surface area (Å²) in [6, 6.07) is 3.93. The van der Waals surface area contributed by atoms with Gasteiger partial charge in [0.2, 0.25) is 10.0 Å². The molecule has 180 valence electrons. The molecule has 1 amide bonds. The fraction of sp³-hybridized carbons (Fsp3) is 0.600. The number of nitrogens with one attached hydrogen (secondary N) is 1. The molecular weight excluding hydrogens is 460 g/mol. The SMILES string of the molecule is COc1ccc(S(=O)(=O)N[C@@H](C)C(=O)OCC(=O)N(CC(C)C)C2CCS(=O)(=O)C2)cc1. The van der Waals surface area contributed by atoms with Gasteiger partial charge in [-0.25, -0.2) is 16.8 Å². The first kappa shape index (κ1) is 26.1. The van der Waals surface area contributed by atoms with Crippen LogP contribution in [-0.2, 0) is 34.2 Å².